The van der Waals surface area contributed by atoms with Crippen molar-refractivity contribution in [2.75, 3.05) is 33.5 Å². The molecule has 0 radical (unpaired) electrons. The quantitative estimate of drug-likeness (QED) is 0.224. The molecule has 11 heteroatoms. The number of esters is 2. The monoisotopic (exact) mass is 528 g/mol. The van der Waals surface area contributed by atoms with E-state index in [2.05, 4.69) is 5.32 Å². The smallest absolute Gasteiger partial charge is 0.336 e. The third-order valence-electron chi connectivity index (χ3n) is 6.54. The number of allylic oxidation sites excluding steroid dienone is 1. The Balaban J connectivity index is 1.78. The number of benzene rings is 2. The van der Waals surface area contributed by atoms with Crippen LogP contribution in [0.25, 0.3) is 0 Å². The number of aliphatic hydroxyl groups is 2. The molecule has 11 nitrogen and oxygen atoms in total. The van der Waals surface area contributed by atoms with E-state index in [4.69, 9.17) is 19.3 Å². The van der Waals surface area contributed by atoms with Crippen molar-refractivity contribution in [1.29, 1.82) is 0 Å². The average molecular weight is 529 g/mol. The molecule has 3 N–H and O–H groups in total. The van der Waals surface area contributed by atoms with Gasteiger partial charge in [-0.15, -0.1) is 0 Å². The number of carbonyl (C=O) groups is 2. The van der Waals surface area contributed by atoms with Gasteiger partial charge in [0.2, 0.25) is 0 Å². The van der Waals surface area contributed by atoms with Crippen LogP contribution in [0.15, 0.2) is 59.8 Å². The molecule has 0 aliphatic carbocycles. The first-order valence-electron chi connectivity index (χ1n) is 12.1. The number of hydrogen-bond donors (Lipinski definition) is 3. The second-order valence-electron chi connectivity index (χ2n) is 9.26. The molecular formula is C27H32N2O9. The Labute approximate surface area is 220 Å². The molecule has 3 atom stereocenters. The van der Waals surface area contributed by atoms with Gasteiger partial charge in [-0.2, -0.15) is 0 Å². The lowest BCUT2D eigenvalue weighted by Crippen LogP contribution is -2.49. The molecule has 3 rings (SSSR count). The summed E-state index contributed by atoms with van der Waals surface area (Å²) in [7, 11) is 1.24. The summed E-state index contributed by atoms with van der Waals surface area (Å²) in [6, 6.07) is 12.9. The first-order valence-corrected chi connectivity index (χ1v) is 12.1. The highest BCUT2D eigenvalue weighted by Crippen LogP contribution is 2.46. The molecule has 38 heavy (non-hydrogen) atoms. The van der Waals surface area contributed by atoms with Crippen LogP contribution >= 0.6 is 0 Å². The highest BCUT2D eigenvalue weighted by molar-refractivity contribution is 5.94. The van der Waals surface area contributed by atoms with Gasteiger partial charge in [-0.1, -0.05) is 24.3 Å². The van der Waals surface area contributed by atoms with Crippen LogP contribution in [0.3, 0.4) is 0 Å². The van der Waals surface area contributed by atoms with E-state index in [1.54, 1.807) is 44.2 Å². The van der Waals surface area contributed by atoms with Gasteiger partial charge in [-0.05, 0) is 37.1 Å². The van der Waals surface area contributed by atoms with Crippen molar-refractivity contribution in [2.24, 2.45) is 5.41 Å². The molecule has 2 aromatic carbocycles. The molecule has 204 valence electrons. The molecule has 0 saturated carbocycles. The second kappa shape index (κ2) is 12.5. The van der Waals surface area contributed by atoms with E-state index in [9.17, 15) is 24.8 Å². The maximum Gasteiger partial charge on any atom is 0.336 e. The molecule has 1 aliphatic heterocycles. The number of non-ortho nitro benzene ring substituents is 1. The van der Waals surface area contributed by atoms with Gasteiger partial charge < -0.3 is 29.7 Å². The molecule has 0 aromatic heterocycles. The van der Waals surface area contributed by atoms with Crippen molar-refractivity contribution in [3.05, 3.63) is 81.0 Å². The molecule has 0 amide bonds. The topological polar surface area (TPSA) is 157 Å². The van der Waals surface area contributed by atoms with E-state index in [1.807, 2.05) is 0 Å². The summed E-state index contributed by atoms with van der Waals surface area (Å²) in [6.07, 6.45) is -0.552. The van der Waals surface area contributed by atoms with E-state index in [0.717, 1.165) is 5.56 Å². The fourth-order valence-corrected chi connectivity index (χ4v) is 4.40. The van der Waals surface area contributed by atoms with Gasteiger partial charge >= 0.3 is 11.9 Å². The lowest BCUT2D eigenvalue weighted by Gasteiger charge is -2.41. The number of ether oxygens (including phenoxy) is 3. The minimum absolute atomic E-state index is 0.0344. The van der Waals surface area contributed by atoms with Crippen molar-refractivity contribution in [1.82, 2.24) is 5.32 Å². The third-order valence-corrected chi connectivity index (χ3v) is 6.54. The van der Waals surface area contributed by atoms with Gasteiger partial charge in [0.15, 0.2) is 0 Å². The Morgan fingerprint density at radius 1 is 1.24 bits per heavy atom. The number of aliphatic hydroxyl groups excluding tert-OH is 2. The maximum atomic E-state index is 13.5. The van der Waals surface area contributed by atoms with Crippen molar-refractivity contribution >= 4 is 17.6 Å². The molecular weight excluding hydrogens is 496 g/mol. The van der Waals surface area contributed by atoms with Gasteiger partial charge in [0, 0.05) is 36.7 Å². The highest BCUT2D eigenvalue weighted by Gasteiger charge is 2.50. The summed E-state index contributed by atoms with van der Waals surface area (Å²) in [6.45, 7) is 3.14. The Morgan fingerprint density at radius 3 is 2.58 bits per heavy atom. The van der Waals surface area contributed by atoms with Crippen LogP contribution in [0.5, 0.6) is 5.75 Å². The number of methoxy groups -OCH3 is 1. The Bertz CT molecular complexity index is 1200. The normalized spacial score (nSPS) is 19.8. The summed E-state index contributed by atoms with van der Waals surface area (Å²) >= 11 is 0. The van der Waals surface area contributed by atoms with E-state index < -0.39 is 40.9 Å². The number of nitro groups is 1. The van der Waals surface area contributed by atoms with Crippen LogP contribution in [0.4, 0.5) is 5.69 Å². The summed E-state index contributed by atoms with van der Waals surface area (Å²) in [4.78, 5) is 37.1. The zero-order chi connectivity index (χ0) is 27.9. The zero-order valence-electron chi connectivity index (χ0n) is 21.5. The minimum atomic E-state index is -1.26. The lowest BCUT2D eigenvalue weighted by atomic mass is 9.67. The first kappa shape index (κ1) is 28.6. The SMILES string of the molecule is COC(=O)C1=C(C)NCC(C)(C(=O)OCCc2ccc(OCC(O)CO)cc2)C1c1cccc([N+](=O)[O-])c1. The van der Waals surface area contributed by atoms with Crippen LogP contribution in [-0.2, 0) is 25.5 Å². The zero-order valence-corrected chi connectivity index (χ0v) is 21.5. The summed E-state index contributed by atoms with van der Waals surface area (Å²) in [5, 5.41) is 32.8. The lowest BCUT2D eigenvalue weighted by molar-refractivity contribution is -0.384. The average Bonchev–Trinajstić information content (AvgIpc) is 2.92. The number of nitro benzene ring substituents is 1. The third kappa shape index (κ3) is 6.48. The molecule has 1 aliphatic rings. The molecule has 2 aromatic rings. The number of hydrogen-bond acceptors (Lipinski definition) is 10. The molecule has 0 fully saturated rings. The standard InChI is InChI=1S/C27H32N2O9/c1-17-23(25(32)36-3)24(19-5-4-6-20(13-19)29(34)35)27(2,16-28-17)26(33)37-12-11-18-7-9-22(10-8-18)38-15-21(31)14-30/h4-10,13,21,24,28,30-31H,11-12,14-16H2,1-3H3. The van der Waals surface area contributed by atoms with Gasteiger partial charge in [-0.3, -0.25) is 14.9 Å². The van der Waals surface area contributed by atoms with E-state index in [-0.39, 0.29) is 31.0 Å². The molecule has 0 spiro atoms. The van der Waals surface area contributed by atoms with Crippen LogP contribution in [0.1, 0.15) is 30.9 Å². The number of rotatable bonds is 11. The van der Waals surface area contributed by atoms with Gasteiger partial charge in [0.25, 0.3) is 5.69 Å². The molecule has 0 saturated heterocycles. The first-order chi connectivity index (χ1) is 18.1. The van der Waals surface area contributed by atoms with E-state index >= 15 is 0 Å². The van der Waals surface area contributed by atoms with Gasteiger partial charge in [0.1, 0.15) is 18.5 Å². The minimum Gasteiger partial charge on any atom is -0.491 e. The van der Waals surface area contributed by atoms with Crippen molar-refractivity contribution in [2.45, 2.75) is 32.3 Å². The predicted octanol–water partition coefficient (Wildman–Crippen LogP) is 2.25. The summed E-state index contributed by atoms with van der Waals surface area (Å²) < 4.78 is 16.0. The highest BCUT2D eigenvalue weighted by atomic mass is 16.6. The maximum absolute atomic E-state index is 13.5. The Hall–Kier alpha value is -3.96. The van der Waals surface area contributed by atoms with Crippen LogP contribution in [0, 0.1) is 15.5 Å². The summed E-state index contributed by atoms with van der Waals surface area (Å²) in [5.74, 6) is -1.52. The molecule has 1 heterocycles. The van der Waals surface area contributed by atoms with Crippen molar-refractivity contribution in [3.63, 3.8) is 0 Å². The van der Waals surface area contributed by atoms with E-state index in [1.165, 1.54) is 25.3 Å². The van der Waals surface area contributed by atoms with Crippen LogP contribution in [0.2, 0.25) is 0 Å². The number of nitrogens with one attached hydrogen (secondary N) is 1. The van der Waals surface area contributed by atoms with Crippen molar-refractivity contribution in [3.8, 4) is 5.75 Å². The number of carbonyl (C=O) groups excluding carboxylic acids is 2. The Kier molecular flexibility index (Phi) is 9.43. The number of nitrogens with zero attached hydrogens (tertiary/aromatic N) is 1. The molecule has 0 bridgehead atoms. The van der Waals surface area contributed by atoms with Crippen LogP contribution in [-0.4, -0.2) is 66.7 Å². The van der Waals surface area contributed by atoms with Gasteiger partial charge in [-0.25, -0.2) is 4.79 Å². The van der Waals surface area contributed by atoms with Gasteiger partial charge in [0.05, 0.1) is 36.2 Å². The van der Waals surface area contributed by atoms with Crippen molar-refractivity contribution < 1.29 is 38.9 Å². The summed E-state index contributed by atoms with van der Waals surface area (Å²) in [5.41, 5.74) is 0.622. The van der Waals surface area contributed by atoms with Crippen LogP contribution < -0.4 is 10.1 Å². The Morgan fingerprint density at radius 2 is 1.95 bits per heavy atom. The second-order valence-corrected chi connectivity index (χ2v) is 9.26. The largest absolute Gasteiger partial charge is 0.491 e. The fraction of sp³-hybridized carbons (Fsp3) is 0.407. The fourth-order valence-electron chi connectivity index (χ4n) is 4.40. The molecule has 3 unspecified atom stereocenters. The van der Waals surface area contributed by atoms with E-state index in [0.29, 0.717) is 23.4 Å². The predicted molar refractivity (Wildman–Crippen MR) is 136 cm³/mol.